The molecule has 6 heteroatoms. The molecule has 1 heterocycles. The molecule has 2 aromatic rings. The molecule has 0 bridgehead atoms. The summed E-state index contributed by atoms with van der Waals surface area (Å²) in [5.74, 6) is 0.679. The van der Waals surface area contributed by atoms with Gasteiger partial charge in [-0.25, -0.2) is 4.98 Å². The Labute approximate surface area is 120 Å². The Kier molecular flexibility index (Phi) is 4.68. The van der Waals surface area contributed by atoms with E-state index in [0.29, 0.717) is 6.54 Å². The number of rotatable bonds is 5. The number of nitrogens with one attached hydrogen (secondary N) is 2. The van der Waals surface area contributed by atoms with Crippen molar-refractivity contribution in [1.82, 2.24) is 20.5 Å². The van der Waals surface area contributed by atoms with Gasteiger partial charge in [0.25, 0.3) is 5.91 Å². The summed E-state index contributed by atoms with van der Waals surface area (Å²) in [6.45, 7) is 2.51. The average molecular weight is 323 g/mol. The Morgan fingerprint density at radius 1 is 1.37 bits per heavy atom. The van der Waals surface area contributed by atoms with Crippen molar-refractivity contribution in [2.75, 3.05) is 0 Å². The molecule has 100 valence electrons. The first-order valence-electron chi connectivity index (χ1n) is 6.13. The van der Waals surface area contributed by atoms with Gasteiger partial charge >= 0.3 is 0 Å². The number of aryl methyl sites for hydroxylation is 1. The summed E-state index contributed by atoms with van der Waals surface area (Å²) in [7, 11) is 0. The summed E-state index contributed by atoms with van der Waals surface area (Å²) < 4.78 is 1.01. The summed E-state index contributed by atoms with van der Waals surface area (Å²) in [6.07, 6.45) is 1.77. The SMILES string of the molecule is CCCc1nc(C(=O)NCc2ccc(Br)cc2)n[nH]1. The molecule has 0 atom stereocenters. The quantitative estimate of drug-likeness (QED) is 0.888. The van der Waals surface area contributed by atoms with E-state index >= 15 is 0 Å². The maximum atomic E-state index is 11.8. The van der Waals surface area contributed by atoms with Crippen molar-refractivity contribution in [3.63, 3.8) is 0 Å². The first kappa shape index (κ1) is 13.7. The van der Waals surface area contributed by atoms with Crippen molar-refractivity contribution < 1.29 is 4.79 Å². The van der Waals surface area contributed by atoms with Crippen molar-refractivity contribution in [3.8, 4) is 0 Å². The monoisotopic (exact) mass is 322 g/mol. The van der Waals surface area contributed by atoms with E-state index in [2.05, 4.69) is 43.4 Å². The van der Waals surface area contributed by atoms with Crippen molar-refractivity contribution in [1.29, 1.82) is 0 Å². The second kappa shape index (κ2) is 6.47. The number of hydrogen-bond donors (Lipinski definition) is 2. The number of aromatic amines is 1. The van der Waals surface area contributed by atoms with Crippen LogP contribution in [-0.2, 0) is 13.0 Å². The molecule has 19 heavy (non-hydrogen) atoms. The van der Waals surface area contributed by atoms with Crippen LogP contribution in [0.3, 0.4) is 0 Å². The third-order valence-corrected chi connectivity index (χ3v) is 3.12. The van der Waals surface area contributed by atoms with Gasteiger partial charge in [0.2, 0.25) is 5.82 Å². The number of aromatic nitrogens is 3. The minimum atomic E-state index is -0.262. The highest BCUT2D eigenvalue weighted by Crippen LogP contribution is 2.10. The van der Waals surface area contributed by atoms with Crippen LogP contribution in [0.25, 0.3) is 0 Å². The van der Waals surface area contributed by atoms with Gasteiger partial charge in [0.1, 0.15) is 5.82 Å². The van der Waals surface area contributed by atoms with E-state index in [1.165, 1.54) is 0 Å². The lowest BCUT2D eigenvalue weighted by Gasteiger charge is -2.02. The number of carbonyl (C=O) groups excluding carboxylic acids is 1. The fourth-order valence-corrected chi connectivity index (χ4v) is 1.87. The predicted molar refractivity (Wildman–Crippen MR) is 75.7 cm³/mol. The highest BCUT2D eigenvalue weighted by molar-refractivity contribution is 9.10. The predicted octanol–water partition coefficient (Wildman–Crippen LogP) is 2.45. The van der Waals surface area contributed by atoms with E-state index in [0.717, 1.165) is 28.7 Å². The third-order valence-electron chi connectivity index (χ3n) is 2.59. The number of benzene rings is 1. The highest BCUT2D eigenvalue weighted by atomic mass is 79.9. The molecule has 2 rings (SSSR count). The zero-order valence-electron chi connectivity index (χ0n) is 10.6. The Hall–Kier alpha value is -1.69. The van der Waals surface area contributed by atoms with Gasteiger partial charge in [-0.2, -0.15) is 0 Å². The Bertz CT molecular complexity index is 550. The van der Waals surface area contributed by atoms with Gasteiger partial charge in [0.05, 0.1) is 0 Å². The molecule has 0 fully saturated rings. The van der Waals surface area contributed by atoms with Crippen LogP contribution >= 0.6 is 15.9 Å². The molecule has 5 nitrogen and oxygen atoms in total. The largest absolute Gasteiger partial charge is 0.345 e. The zero-order chi connectivity index (χ0) is 13.7. The lowest BCUT2D eigenvalue weighted by atomic mass is 10.2. The lowest BCUT2D eigenvalue weighted by Crippen LogP contribution is -2.24. The zero-order valence-corrected chi connectivity index (χ0v) is 12.2. The Morgan fingerprint density at radius 2 is 2.11 bits per heavy atom. The number of hydrogen-bond acceptors (Lipinski definition) is 3. The second-order valence-electron chi connectivity index (χ2n) is 4.16. The number of carbonyl (C=O) groups is 1. The molecule has 0 unspecified atom stereocenters. The minimum Gasteiger partial charge on any atom is -0.345 e. The first-order chi connectivity index (χ1) is 9.19. The number of nitrogens with zero attached hydrogens (tertiary/aromatic N) is 2. The Balaban J connectivity index is 1.91. The molecule has 0 radical (unpaired) electrons. The van der Waals surface area contributed by atoms with Gasteiger partial charge < -0.3 is 5.32 Å². The average Bonchev–Trinajstić information content (AvgIpc) is 2.87. The van der Waals surface area contributed by atoms with Gasteiger partial charge in [-0.1, -0.05) is 35.0 Å². The number of H-pyrrole nitrogens is 1. The van der Waals surface area contributed by atoms with Crippen molar-refractivity contribution in [2.45, 2.75) is 26.3 Å². The van der Waals surface area contributed by atoms with Crippen LogP contribution in [-0.4, -0.2) is 21.1 Å². The van der Waals surface area contributed by atoms with Crippen molar-refractivity contribution in [3.05, 3.63) is 46.0 Å². The van der Waals surface area contributed by atoms with E-state index < -0.39 is 0 Å². The standard InChI is InChI=1S/C13H15BrN4O/c1-2-3-11-16-12(18-17-11)13(19)15-8-9-4-6-10(14)7-5-9/h4-7H,2-3,8H2,1H3,(H,15,19)(H,16,17,18). The van der Waals surface area contributed by atoms with Crippen molar-refractivity contribution >= 4 is 21.8 Å². The van der Waals surface area contributed by atoms with E-state index in [1.807, 2.05) is 24.3 Å². The summed E-state index contributed by atoms with van der Waals surface area (Å²) in [5, 5.41) is 9.46. The molecule has 0 spiro atoms. The molecule has 0 saturated heterocycles. The summed E-state index contributed by atoms with van der Waals surface area (Å²) in [6, 6.07) is 7.77. The van der Waals surface area contributed by atoms with Crippen LogP contribution in [0, 0.1) is 0 Å². The summed E-state index contributed by atoms with van der Waals surface area (Å²) in [5.41, 5.74) is 1.03. The normalized spacial score (nSPS) is 10.4. The molecular formula is C13H15BrN4O. The van der Waals surface area contributed by atoms with E-state index in [4.69, 9.17) is 0 Å². The van der Waals surface area contributed by atoms with Crippen LogP contribution < -0.4 is 5.32 Å². The third kappa shape index (κ3) is 3.89. The number of amides is 1. The summed E-state index contributed by atoms with van der Waals surface area (Å²) >= 11 is 3.37. The maximum absolute atomic E-state index is 11.8. The topological polar surface area (TPSA) is 70.7 Å². The van der Waals surface area contributed by atoms with E-state index in [-0.39, 0.29) is 11.7 Å². The fraction of sp³-hybridized carbons (Fsp3) is 0.308. The molecule has 0 aliphatic heterocycles. The molecule has 0 aliphatic rings. The van der Waals surface area contributed by atoms with Gasteiger partial charge in [0, 0.05) is 17.4 Å². The molecule has 2 N–H and O–H groups in total. The molecule has 0 aliphatic carbocycles. The molecule has 1 aromatic carbocycles. The van der Waals surface area contributed by atoms with Crippen LogP contribution in [0.15, 0.2) is 28.7 Å². The second-order valence-corrected chi connectivity index (χ2v) is 5.08. The lowest BCUT2D eigenvalue weighted by molar-refractivity contribution is 0.0941. The van der Waals surface area contributed by atoms with Crippen LogP contribution in [0.1, 0.15) is 35.4 Å². The molecule has 1 aromatic heterocycles. The Morgan fingerprint density at radius 3 is 2.79 bits per heavy atom. The summed E-state index contributed by atoms with van der Waals surface area (Å²) in [4.78, 5) is 16.0. The fourth-order valence-electron chi connectivity index (χ4n) is 1.61. The first-order valence-corrected chi connectivity index (χ1v) is 6.92. The number of halogens is 1. The van der Waals surface area contributed by atoms with Crippen LogP contribution in [0.5, 0.6) is 0 Å². The van der Waals surface area contributed by atoms with Crippen molar-refractivity contribution in [2.24, 2.45) is 0 Å². The van der Waals surface area contributed by atoms with Crippen LogP contribution in [0.4, 0.5) is 0 Å². The van der Waals surface area contributed by atoms with Gasteiger partial charge in [-0.3, -0.25) is 9.89 Å². The van der Waals surface area contributed by atoms with Gasteiger partial charge in [0.15, 0.2) is 0 Å². The van der Waals surface area contributed by atoms with E-state index in [1.54, 1.807) is 0 Å². The molecule has 0 saturated carbocycles. The molecule has 1 amide bonds. The molecular weight excluding hydrogens is 308 g/mol. The maximum Gasteiger partial charge on any atom is 0.291 e. The minimum absolute atomic E-state index is 0.195. The van der Waals surface area contributed by atoms with Crippen LogP contribution in [0.2, 0.25) is 0 Å². The van der Waals surface area contributed by atoms with Gasteiger partial charge in [-0.15, -0.1) is 5.10 Å². The van der Waals surface area contributed by atoms with E-state index in [9.17, 15) is 4.79 Å². The smallest absolute Gasteiger partial charge is 0.291 e. The highest BCUT2D eigenvalue weighted by Gasteiger charge is 2.11. The van der Waals surface area contributed by atoms with Gasteiger partial charge in [-0.05, 0) is 24.1 Å².